The molecular formula is C21H18FN3O2. The number of phenolic OH excluding ortho intramolecular Hbond substituents is 1. The van der Waals surface area contributed by atoms with Crippen LogP contribution >= 0.6 is 0 Å². The largest absolute Gasteiger partial charge is 0.508 e. The molecule has 3 aromatic rings. The second-order valence-corrected chi connectivity index (χ2v) is 6.58. The average molecular weight is 363 g/mol. The van der Waals surface area contributed by atoms with Crippen LogP contribution in [0, 0.1) is 12.7 Å². The minimum absolute atomic E-state index is 0.141. The molecule has 1 N–H and O–H groups in total. The lowest BCUT2D eigenvalue weighted by Gasteiger charge is -2.29. The summed E-state index contributed by atoms with van der Waals surface area (Å²) in [6, 6.07) is 12.4. The van der Waals surface area contributed by atoms with Crippen LogP contribution in [0.5, 0.6) is 5.75 Å². The molecule has 0 unspecified atom stereocenters. The summed E-state index contributed by atoms with van der Waals surface area (Å²) < 4.78 is 13.1. The van der Waals surface area contributed by atoms with Crippen LogP contribution in [0.25, 0.3) is 11.3 Å². The van der Waals surface area contributed by atoms with Gasteiger partial charge in [-0.3, -0.25) is 4.79 Å². The minimum Gasteiger partial charge on any atom is -0.508 e. The highest BCUT2D eigenvalue weighted by Gasteiger charge is 2.26. The first-order chi connectivity index (χ1) is 13.0. The van der Waals surface area contributed by atoms with Gasteiger partial charge in [0.2, 0.25) is 0 Å². The molecule has 2 heterocycles. The van der Waals surface area contributed by atoms with Gasteiger partial charge in [-0.25, -0.2) is 14.4 Å². The van der Waals surface area contributed by atoms with E-state index in [0.29, 0.717) is 30.9 Å². The van der Waals surface area contributed by atoms with Crippen LogP contribution in [0.4, 0.5) is 4.39 Å². The maximum absolute atomic E-state index is 13.1. The number of carbonyl (C=O) groups excluding carboxylic acids is 1. The number of halogens is 1. The Morgan fingerprint density at radius 1 is 1.07 bits per heavy atom. The minimum atomic E-state index is -0.367. The van der Waals surface area contributed by atoms with E-state index in [-0.39, 0.29) is 17.5 Å². The van der Waals surface area contributed by atoms with Crippen LogP contribution in [0.2, 0.25) is 0 Å². The van der Waals surface area contributed by atoms with Gasteiger partial charge in [-0.1, -0.05) is 0 Å². The SMILES string of the molecule is Cc1nc2c(c(-c3ccc(O)cc3)n1)CN(C(=O)c1ccc(F)cc1)CC2. The van der Waals surface area contributed by atoms with Crippen molar-refractivity contribution < 1.29 is 14.3 Å². The normalized spacial score (nSPS) is 13.3. The van der Waals surface area contributed by atoms with Gasteiger partial charge in [-0.2, -0.15) is 0 Å². The highest BCUT2D eigenvalue weighted by molar-refractivity contribution is 5.94. The standard InChI is InChI=1S/C21H18FN3O2/c1-13-23-19-10-11-25(21(27)15-2-6-16(22)7-3-15)12-18(19)20(24-13)14-4-8-17(26)9-5-14/h2-9,26H,10-12H2,1H3. The van der Waals surface area contributed by atoms with E-state index in [1.54, 1.807) is 29.2 Å². The number of hydrogen-bond acceptors (Lipinski definition) is 4. The third-order valence-corrected chi connectivity index (χ3v) is 4.69. The van der Waals surface area contributed by atoms with E-state index < -0.39 is 0 Å². The Kier molecular flexibility index (Phi) is 4.32. The number of carbonyl (C=O) groups is 1. The second kappa shape index (κ2) is 6.79. The number of aromatic hydroxyl groups is 1. The Bertz CT molecular complexity index is 1000. The second-order valence-electron chi connectivity index (χ2n) is 6.58. The first-order valence-electron chi connectivity index (χ1n) is 8.72. The molecule has 1 aliphatic rings. The number of fused-ring (bicyclic) bond motifs is 1. The predicted molar refractivity (Wildman–Crippen MR) is 98.7 cm³/mol. The fourth-order valence-electron chi connectivity index (χ4n) is 3.34. The van der Waals surface area contributed by atoms with Crippen LogP contribution in [-0.2, 0) is 13.0 Å². The molecule has 0 spiro atoms. The lowest BCUT2D eigenvalue weighted by Crippen LogP contribution is -2.37. The van der Waals surface area contributed by atoms with Crippen LogP contribution in [0.3, 0.4) is 0 Å². The maximum atomic E-state index is 13.1. The monoisotopic (exact) mass is 363 g/mol. The molecule has 27 heavy (non-hydrogen) atoms. The molecule has 0 bridgehead atoms. The van der Waals surface area contributed by atoms with E-state index in [1.807, 2.05) is 6.92 Å². The molecule has 1 aliphatic heterocycles. The van der Waals surface area contributed by atoms with Crippen molar-refractivity contribution >= 4 is 5.91 Å². The molecule has 0 atom stereocenters. The van der Waals surface area contributed by atoms with E-state index in [2.05, 4.69) is 9.97 Å². The highest BCUT2D eigenvalue weighted by Crippen LogP contribution is 2.29. The third-order valence-electron chi connectivity index (χ3n) is 4.69. The molecule has 1 amide bonds. The topological polar surface area (TPSA) is 66.3 Å². The van der Waals surface area contributed by atoms with E-state index in [4.69, 9.17) is 0 Å². The Labute approximate surface area is 156 Å². The quantitative estimate of drug-likeness (QED) is 0.757. The van der Waals surface area contributed by atoms with Crippen molar-refractivity contribution in [2.45, 2.75) is 19.9 Å². The number of phenols is 1. The molecular weight excluding hydrogens is 345 g/mol. The first kappa shape index (κ1) is 17.1. The van der Waals surface area contributed by atoms with Crippen molar-refractivity contribution in [3.8, 4) is 17.0 Å². The van der Waals surface area contributed by atoms with E-state index in [1.165, 1.54) is 24.3 Å². The van der Waals surface area contributed by atoms with E-state index in [9.17, 15) is 14.3 Å². The van der Waals surface area contributed by atoms with Crippen LogP contribution < -0.4 is 0 Å². The zero-order chi connectivity index (χ0) is 19.0. The zero-order valence-corrected chi connectivity index (χ0v) is 14.8. The van der Waals surface area contributed by atoms with Crippen LogP contribution in [-0.4, -0.2) is 32.4 Å². The number of aromatic nitrogens is 2. The van der Waals surface area contributed by atoms with Gasteiger partial charge in [0.25, 0.3) is 5.91 Å². The van der Waals surface area contributed by atoms with Gasteiger partial charge >= 0.3 is 0 Å². The van der Waals surface area contributed by atoms with Crippen molar-refractivity contribution in [1.82, 2.24) is 14.9 Å². The summed E-state index contributed by atoms with van der Waals surface area (Å²) in [5, 5.41) is 9.54. The van der Waals surface area contributed by atoms with Gasteiger partial charge in [0, 0.05) is 36.2 Å². The van der Waals surface area contributed by atoms with Crippen molar-refractivity contribution in [2.75, 3.05) is 6.54 Å². The van der Waals surface area contributed by atoms with Gasteiger partial charge in [-0.15, -0.1) is 0 Å². The molecule has 4 rings (SSSR count). The number of aryl methyl sites for hydroxylation is 1. The fraction of sp³-hybridized carbons (Fsp3) is 0.190. The van der Waals surface area contributed by atoms with Crippen molar-refractivity contribution in [2.24, 2.45) is 0 Å². The van der Waals surface area contributed by atoms with Gasteiger partial charge in [0.15, 0.2) is 0 Å². The molecule has 0 saturated heterocycles. The summed E-state index contributed by atoms with van der Waals surface area (Å²) in [6.45, 7) is 2.79. The number of nitrogens with zero attached hydrogens (tertiary/aromatic N) is 3. The summed E-state index contributed by atoms with van der Waals surface area (Å²) >= 11 is 0. The summed E-state index contributed by atoms with van der Waals surface area (Å²) in [5.41, 5.74) is 3.94. The molecule has 5 nitrogen and oxygen atoms in total. The molecule has 0 saturated carbocycles. The maximum Gasteiger partial charge on any atom is 0.254 e. The van der Waals surface area contributed by atoms with E-state index in [0.717, 1.165) is 22.5 Å². The lowest BCUT2D eigenvalue weighted by molar-refractivity contribution is 0.0733. The fourth-order valence-corrected chi connectivity index (χ4v) is 3.34. The smallest absolute Gasteiger partial charge is 0.254 e. The van der Waals surface area contributed by atoms with Gasteiger partial charge in [-0.05, 0) is 55.5 Å². The summed E-state index contributed by atoms with van der Waals surface area (Å²) in [7, 11) is 0. The summed E-state index contributed by atoms with van der Waals surface area (Å²) in [6.07, 6.45) is 0.636. The molecule has 0 radical (unpaired) electrons. The molecule has 0 aliphatic carbocycles. The highest BCUT2D eigenvalue weighted by atomic mass is 19.1. The summed E-state index contributed by atoms with van der Waals surface area (Å²) in [4.78, 5) is 23.7. The number of rotatable bonds is 2. The molecule has 6 heteroatoms. The average Bonchev–Trinajstić information content (AvgIpc) is 2.68. The third kappa shape index (κ3) is 3.38. The predicted octanol–water partition coefficient (Wildman–Crippen LogP) is 3.50. The van der Waals surface area contributed by atoms with Gasteiger partial charge in [0.1, 0.15) is 17.4 Å². The van der Waals surface area contributed by atoms with Crippen molar-refractivity contribution in [1.29, 1.82) is 0 Å². The van der Waals surface area contributed by atoms with Crippen LogP contribution in [0.15, 0.2) is 48.5 Å². The number of amides is 1. The molecule has 0 fully saturated rings. The lowest BCUT2D eigenvalue weighted by atomic mass is 9.98. The molecule has 2 aromatic carbocycles. The molecule has 1 aromatic heterocycles. The zero-order valence-electron chi connectivity index (χ0n) is 14.8. The Morgan fingerprint density at radius 2 is 1.78 bits per heavy atom. The summed E-state index contributed by atoms with van der Waals surface area (Å²) in [5.74, 6) is 0.355. The first-order valence-corrected chi connectivity index (χ1v) is 8.72. The van der Waals surface area contributed by atoms with E-state index >= 15 is 0 Å². The molecule has 136 valence electrons. The number of benzene rings is 2. The Balaban J connectivity index is 1.70. The van der Waals surface area contributed by atoms with Gasteiger partial charge in [0.05, 0.1) is 11.4 Å². The Hall–Kier alpha value is -3.28. The number of hydrogen-bond donors (Lipinski definition) is 1. The van der Waals surface area contributed by atoms with Crippen LogP contribution in [0.1, 0.15) is 27.4 Å². The van der Waals surface area contributed by atoms with Crippen molar-refractivity contribution in [3.05, 3.63) is 77.0 Å². The Morgan fingerprint density at radius 3 is 2.48 bits per heavy atom. The van der Waals surface area contributed by atoms with Crippen molar-refractivity contribution in [3.63, 3.8) is 0 Å². The van der Waals surface area contributed by atoms with Gasteiger partial charge < -0.3 is 10.0 Å².